The van der Waals surface area contributed by atoms with Crippen molar-refractivity contribution in [3.8, 4) is 0 Å². The second-order valence-corrected chi connectivity index (χ2v) is 14.5. The van der Waals surface area contributed by atoms with Gasteiger partial charge in [-0.25, -0.2) is 0 Å². The van der Waals surface area contributed by atoms with E-state index in [1.165, 1.54) is 5.57 Å². The molecule has 2 aliphatic heterocycles. The summed E-state index contributed by atoms with van der Waals surface area (Å²) in [5.41, 5.74) is 1.29. The van der Waals surface area contributed by atoms with Crippen LogP contribution in [0.4, 0.5) is 0 Å². The summed E-state index contributed by atoms with van der Waals surface area (Å²) >= 11 is 13.1. The number of allylic oxidation sites excluding steroid dienone is 1. The Hall–Kier alpha value is 0.160. The molecular formula is C28H42Cl2O4. The van der Waals surface area contributed by atoms with Crippen LogP contribution in [0.1, 0.15) is 72.6 Å². The Bertz CT molecular complexity index is 863. The maximum Gasteiger partial charge on any atom is 0.176 e. The van der Waals surface area contributed by atoms with E-state index >= 15 is 0 Å². The second kappa shape index (κ2) is 8.08. The molecular weight excluding hydrogens is 471 g/mol. The van der Waals surface area contributed by atoms with Gasteiger partial charge in [0.2, 0.25) is 0 Å². The third-order valence-electron chi connectivity index (χ3n) is 11.8. The molecule has 1 spiro atoms. The first-order valence-electron chi connectivity index (χ1n) is 13.7. The summed E-state index contributed by atoms with van der Waals surface area (Å²) in [7, 11) is 0. The van der Waals surface area contributed by atoms with E-state index in [0.29, 0.717) is 42.6 Å². The topological polar surface area (TPSA) is 58.9 Å². The molecule has 13 atom stereocenters. The van der Waals surface area contributed by atoms with E-state index in [4.69, 9.17) is 32.7 Å². The van der Waals surface area contributed by atoms with Crippen molar-refractivity contribution < 1.29 is 19.7 Å². The average Bonchev–Trinajstić information content (AvgIpc) is 3.22. The molecule has 3 saturated carbocycles. The molecule has 0 bridgehead atoms. The average molecular weight is 514 g/mol. The molecule has 34 heavy (non-hydrogen) atoms. The molecule has 0 amide bonds. The summed E-state index contributed by atoms with van der Waals surface area (Å²) in [5.74, 6) is 2.09. The van der Waals surface area contributed by atoms with Gasteiger partial charge >= 0.3 is 0 Å². The first kappa shape index (κ1) is 24.5. The Morgan fingerprint density at radius 1 is 1.09 bits per heavy atom. The van der Waals surface area contributed by atoms with Crippen molar-refractivity contribution in [2.75, 3.05) is 6.61 Å². The highest BCUT2D eigenvalue weighted by Gasteiger charge is 2.71. The van der Waals surface area contributed by atoms with Crippen molar-refractivity contribution in [1.82, 2.24) is 0 Å². The molecule has 0 aromatic heterocycles. The zero-order valence-corrected chi connectivity index (χ0v) is 22.6. The fourth-order valence-electron chi connectivity index (χ4n) is 10.3. The van der Waals surface area contributed by atoms with Gasteiger partial charge in [-0.05, 0) is 73.5 Å². The molecule has 0 aromatic rings. The van der Waals surface area contributed by atoms with Crippen LogP contribution in [0.15, 0.2) is 11.6 Å². The molecule has 0 radical (unpaired) electrons. The second-order valence-electron chi connectivity index (χ2n) is 13.3. The molecule has 5 fully saturated rings. The standard InChI is InChI=1S/C28H42Cl2O4/c1-14-9-21(25(29)30)28(33-13-14)15(2)24-22(34-28)12-20-18-6-5-16-10-17(31)11-23(32)27(16,4)19(18)7-8-26(20,24)3/h5,14-15,17-25,31-32H,6-13H2,1-4H3/t14-,15+,17-,18-,19-,20-,21+,22+,23-,24+,26+,27+,28+/m1/s1. The Morgan fingerprint density at radius 3 is 2.59 bits per heavy atom. The van der Waals surface area contributed by atoms with Gasteiger partial charge in [-0.2, -0.15) is 0 Å². The summed E-state index contributed by atoms with van der Waals surface area (Å²) in [6.07, 6.45) is 8.30. The molecule has 4 aliphatic carbocycles. The van der Waals surface area contributed by atoms with E-state index in [1.54, 1.807) is 0 Å². The van der Waals surface area contributed by atoms with Crippen LogP contribution in [-0.2, 0) is 9.47 Å². The van der Waals surface area contributed by atoms with Gasteiger partial charge in [-0.1, -0.05) is 39.3 Å². The van der Waals surface area contributed by atoms with Crippen LogP contribution in [0.3, 0.4) is 0 Å². The monoisotopic (exact) mass is 512 g/mol. The lowest BCUT2D eigenvalue weighted by Crippen LogP contribution is -2.57. The summed E-state index contributed by atoms with van der Waals surface area (Å²) < 4.78 is 13.5. The number of halogens is 2. The highest BCUT2D eigenvalue weighted by atomic mass is 35.5. The predicted molar refractivity (Wildman–Crippen MR) is 133 cm³/mol. The molecule has 0 unspecified atom stereocenters. The van der Waals surface area contributed by atoms with Crippen LogP contribution >= 0.6 is 23.2 Å². The summed E-state index contributed by atoms with van der Waals surface area (Å²) in [4.78, 5) is -0.492. The zero-order valence-electron chi connectivity index (χ0n) is 21.1. The summed E-state index contributed by atoms with van der Waals surface area (Å²) in [5, 5.41) is 21.5. The van der Waals surface area contributed by atoms with E-state index < -0.39 is 22.8 Å². The molecule has 6 heteroatoms. The minimum Gasteiger partial charge on any atom is -0.393 e. The number of hydrogen-bond donors (Lipinski definition) is 2. The van der Waals surface area contributed by atoms with Crippen molar-refractivity contribution in [1.29, 1.82) is 0 Å². The number of ether oxygens (including phenoxy) is 2. The van der Waals surface area contributed by atoms with Crippen LogP contribution in [0.5, 0.6) is 0 Å². The predicted octanol–water partition coefficient (Wildman–Crippen LogP) is 5.71. The van der Waals surface area contributed by atoms with Crippen molar-refractivity contribution in [2.24, 2.45) is 52.3 Å². The number of rotatable bonds is 1. The van der Waals surface area contributed by atoms with Gasteiger partial charge in [0.05, 0.1) is 24.9 Å². The maximum atomic E-state index is 11.2. The van der Waals surface area contributed by atoms with E-state index in [-0.39, 0.29) is 28.8 Å². The molecule has 0 aromatic carbocycles. The SMILES string of the molecule is C[C@H]1CO[C@@]2(O[C@H]3C[C@@H]4[C@@H]5CC=C6C[C@@H](O)C[C@@H](O)[C@]6(C)[C@@H]5CC[C@]4(C)[C@H]3[C@@H]2C)[C@H](C(Cl)Cl)C1. The molecule has 6 aliphatic rings. The number of aliphatic hydroxyl groups excluding tert-OH is 2. The lowest BCUT2D eigenvalue weighted by atomic mass is 9.46. The normalized spacial score (nSPS) is 58.8. The molecule has 4 nitrogen and oxygen atoms in total. The number of aliphatic hydroxyl groups is 2. The van der Waals surface area contributed by atoms with Gasteiger partial charge in [-0.3, -0.25) is 0 Å². The van der Waals surface area contributed by atoms with E-state index in [9.17, 15) is 10.2 Å². The largest absolute Gasteiger partial charge is 0.393 e. The minimum absolute atomic E-state index is 0.00136. The molecule has 2 heterocycles. The number of hydrogen-bond acceptors (Lipinski definition) is 4. The smallest absolute Gasteiger partial charge is 0.176 e. The minimum atomic E-state index is -0.665. The van der Waals surface area contributed by atoms with Crippen LogP contribution in [0, 0.1) is 52.3 Å². The third-order valence-corrected chi connectivity index (χ3v) is 12.5. The highest BCUT2D eigenvalue weighted by Crippen LogP contribution is 2.71. The number of alkyl halides is 2. The van der Waals surface area contributed by atoms with Crippen LogP contribution in [-0.4, -0.2) is 45.8 Å². The van der Waals surface area contributed by atoms with Crippen LogP contribution in [0.25, 0.3) is 0 Å². The van der Waals surface area contributed by atoms with Gasteiger partial charge in [0.1, 0.15) is 4.84 Å². The third kappa shape index (κ3) is 3.11. The van der Waals surface area contributed by atoms with Crippen molar-refractivity contribution in [3.63, 3.8) is 0 Å². The van der Waals surface area contributed by atoms with Crippen molar-refractivity contribution >= 4 is 23.2 Å². The first-order valence-corrected chi connectivity index (χ1v) is 14.5. The van der Waals surface area contributed by atoms with Crippen molar-refractivity contribution in [3.05, 3.63) is 11.6 Å². The summed E-state index contributed by atoms with van der Waals surface area (Å²) in [6, 6.07) is 0. The van der Waals surface area contributed by atoms with Gasteiger partial charge in [0, 0.05) is 23.7 Å². The van der Waals surface area contributed by atoms with E-state index in [2.05, 4.69) is 33.8 Å². The fraction of sp³-hybridized carbons (Fsp3) is 0.929. The lowest BCUT2D eigenvalue weighted by Gasteiger charge is -2.59. The van der Waals surface area contributed by atoms with Crippen LogP contribution in [0.2, 0.25) is 0 Å². The van der Waals surface area contributed by atoms with Crippen molar-refractivity contribution in [2.45, 2.75) is 102 Å². The number of fused-ring (bicyclic) bond motifs is 7. The Kier molecular flexibility index (Phi) is 5.82. The maximum absolute atomic E-state index is 11.2. The highest BCUT2D eigenvalue weighted by molar-refractivity contribution is 6.44. The molecule has 6 rings (SSSR count). The van der Waals surface area contributed by atoms with E-state index in [1.807, 2.05) is 0 Å². The molecule has 2 N–H and O–H groups in total. The fourth-order valence-corrected chi connectivity index (χ4v) is 10.8. The molecule has 2 saturated heterocycles. The first-order chi connectivity index (χ1) is 16.0. The summed E-state index contributed by atoms with van der Waals surface area (Å²) in [6.45, 7) is 10.0. The quantitative estimate of drug-likeness (QED) is 0.348. The van der Waals surface area contributed by atoms with Gasteiger partial charge in [0.15, 0.2) is 5.79 Å². The Balaban J connectivity index is 1.31. The van der Waals surface area contributed by atoms with Gasteiger partial charge < -0.3 is 19.7 Å². The lowest BCUT2D eigenvalue weighted by molar-refractivity contribution is -0.299. The van der Waals surface area contributed by atoms with Crippen LogP contribution < -0.4 is 0 Å². The zero-order chi connectivity index (χ0) is 24.2. The van der Waals surface area contributed by atoms with Gasteiger partial charge in [-0.15, -0.1) is 23.2 Å². The Morgan fingerprint density at radius 2 is 1.85 bits per heavy atom. The van der Waals surface area contributed by atoms with Gasteiger partial charge in [0.25, 0.3) is 0 Å². The molecule has 192 valence electrons. The Labute approximate surface area is 214 Å². The van der Waals surface area contributed by atoms with E-state index in [0.717, 1.165) is 38.5 Å².